The molecule has 0 spiro atoms. The quantitative estimate of drug-likeness (QED) is 0.134. The highest BCUT2D eigenvalue weighted by Gasteiger charge is 2.33. The summed E-state index contributed by atoms with van der Waals surface area (Å²) in [5, 5.41) is 20.4. The maximum absolute atomic E-state index is 12.6. The summed E-state index contributed by atoms with van der Waals surface area (Å²) in [6, 6.07) is 8.20. The van der Waals surface area contributed by atoms with Gasteiger partial charge in [0.15, 0.2) is 0 Å². The van der Waals surface area contributed by atoms with E-state index in [9.17, 15) is 28.1 Å². The highest BCUT2D eigenvalue weighted by molar-refractivity contribution is 6.38. The average molecular weight is 673 g/mol. The Hall–Kier alpha value is -4.50. The predicted octanol–water partition coefficient (Wildman–Crippen LogP) is 7.71. The van der Waals surface area contributed by atoms with Crippen molar-refractivity contribution in [3.63, 3.8) is 0 Å². The second-order valence-corrected chi connectivity index (χ2v) is 10.5. The number of hydrogen-bond donors (Lipinski definition) is 2. The van der Waals surface area contributed by atoms with E-state index in [4.69, 9.17) is 42.9 Å². The summed E-state index contributed by atoms with van der Waals surface area (Å²) in [5.74, 6) is 0.387. The van der Waals surface area contributed by atoms with Crippen LogP contribution in [-0.4, -0.2) is 40.0 Å². The van der Waals surface area contributed by atoms with Gasteiger partial charge in [0.1, 0.15) is 28.9 Å². The van der Waals surface area contributed by atoms with Crippen LogP contribution in [0, 0.1) is 10.1 Å². The minimum absolute atomic E-state index is 0.0748. The van der Waals surface area contributed by atoms with Crippen molar-refractivity contribution in [2.45, 2.75) is 45.2 Å². The predicted molar refractivity (Wildman–Crippen MR) is 162 cm³/mol. The van der Waals surface area contributed by atoms with Crippen LogP contribution in [-0.2, 0) is 11.6 Å². The van der Waals surface area contributed by atoms with Gasteiger partial charge in [-0.2, -0.15) is 18.3 Å². The summed E-state index contributed by atoms with van der Waals surface area (Å²) in [6.07, 6.45) is -1.92. The molecule has 4 aromatic rings. The zero-order valence-electron chi connectivity index (χ0n) is 24.7. The molecule has 0 fully saturated rings. The van der Waals surface area contributed by atoms with Gasteiger partial charge in [0, 0.05) is 11.5 Å². The number of aromatic nitrogens is 3. The molecule has 0 aliphatic heterocycles. The first-order valence-electron chi connectivity index (χ1n) is 13.2. The fraction of sp³-hybridized carbons (Fsp3) is 0.321. The molecule has 4 rings (SSSR count). The molecule has 45 heavy (non-hydrogen) atoms. The average Bonchev–Trinajstić information content (AvgIpc) is 3.62. The number of methoxy groups -OCH3 is 2. The number of nitrogens with one attached hydrogen (secondary N) is 1. The third kappa shape index (κ3) is 7.60. The molecule has 0 bridgehead atoms. The minimum Gasteiger partial charge on any atom is -0.496 e. The van der Waals surface area contributed by atoms with E-state index in [1.54, 1.807) is 24.3 Å². The second kappa shape index (κ2) is 14.1. The molecule has 0 aliphatic carbocycles. The van der Waals surface area contributed by atoms with Crippen molar-refractivity contribution in [2.75, 3.05) is 25.3 Å². The maximum Gasteiger partial charge on any atom is 0.416 e. The van der Waals surface area contributed by atoms with Gasteiger partial charge in [-0.3, -0.25) is 20.2 Å². The number of benzene rings is 2. The molecule has 242 valence electrons. The van der Waals surface area contributed by atoms with Crippen LogP contribution in [0.5, 0.6) is 11.5 Å². The number of nitrogen functional groups attached to an aromatic ring is 1. The van der Waals surface area contributed by atoms with Gasteiger partial charge in [-0.05, 0) is 37.1 Å². The highest BCUT2D eigenvalue weighted by Crippen LogP contribution is 2.39. The standard InChI is InChI=1S/C18H24N2O4.C10H5Cl2F3N4O2/c1-6-18(3,7-2)14-11-15(24-20-14)19-17(21)16-12(22-4)9-8-10-13(16)23-5;11-5-1-4(10(13,14)15)2-6(12)8(5)18-9(16)7(3-17-18)19(20)21/h8-11H,6-7H2,1-5H3,(H,19,21);1-3H,16H2. The fourth-order valence-corrected chi connectivity index (χ4v) is 4.73. The van der Waals surface area contributed by atoms with Crippen LogP contribution in [0.15, 0.2) is 47.1 Å². The summed E-state index contributed by atoms with van der Waals surface area (Å²) in [7, 11) is 3.01. The number of ether oxygens (including phenoxy) is 2. The van der Waals surface area contributed by atoms with Gasteiger partial charge in [-0.25, -0.2) is 4.68 Å². The molecule has 0 saturated heterocycles. The largest absolute Gasteiger partial charge is 0.496 e. The first-order valence-corrected chi connectivity index (χ1v) is 13.9. The molecule has 12 nitrogen and oxygen atoms in total. The SMILES string of the molecule is CCC(C)(CC)c1cc(NC(=O)c2c(OC)cccc2OC)on1.Nc1c([N+](=O)[O-])cnn1-c1c(Cl)cc(C(F)(F)F)cc1Cl. The lowest BCUT2D eigenvalue weighted by molar-refractivity contribution is -0.383. The smallest absolute Gasteiger partial charge is 0.416 e. The number of nitrogens with two attached hydrogens (primary N) is 1. The van der Waals surface area contributed by atoms with Gasteiger partial charge in [0.2, 0.25) is 11.7 Å². The second-order valence-electron chi connectivity index (χ2n) is 9.71. The summed E-state index contributed by atoms with van der Waals surface area (Å²) in [6.45, 7) is 6.34. The van der Waals surface area contributed by atoms with E-state index in [0.29, 0.717) is 35.1 Å². The van der Waals surface area contributed by atoms with Gasteiger partial charge in [0.05, 0.1) is 40.4 Å². The summed E-state index contributed by atoms with van der Waals surface area (Å²) in [5.41, 5.74) is 4.85. The Morgan fingerprint density at radius 3 is 2.11 bits per heavy atom. The van der Waals surface area contributed by atoms with E-state index in [1.807, 2.05) is 0 Å². The molecule has 0 saturated carbocycles. The van der Waals surface area contributed by atoms with Crippen molar-refractivity contribution >= 4 is 46.5 Å². The van der Waals surface area contributed by atoms with E-state index in [-0.39, 0.29) is 27.1 Å². The van der Waals surface area contributed by atoms with E-state index in [0.717, 1.165) is 29.4 Å². The third-order valence-electron chi connectivity index (χ3n) is 7.12. The van der Waals surface area contributed by atoms with Gasteiger partial charge < -0.3 is 19.7 Å². The number of alkyl halides is 3. The van der Waals surface area contributed by atoms with E-state index in [1.165, 1.54) is 14.2 Å². The Morgan fingerprint density at radius 1 is 1.11 bits per heavy atom. The van der Waals surface area contributed by atoms with Crippen LogP contribution >= 0.6 is 23.2 Å². The van der Waals surface area contributed by atoms with Crippen molar-refractivity contribution in [1.82, 2.24) is 14.9 Å². The lowest BCUT2D eigenvalue weighted by Crippen LogP contribution is -2.19. The van der Waals surface area contributed by atoms with Crippen molar-refractivity contribution < 1.29 is 36.9 Å². The normalized spacial score (nSPS) is 11.4. The number of halogens is 5. The molecular formula is C28H29Cl2F3N6O6. The summed E-state index contributed by atoms with van der Waals surface area (Å²) >= 11 is 11.5. The maximum atomic E-state index is 12.6. The summed E-state index contributed by atoms with van der Waals surface area (Å²) < 4.78 is 54.5. The van der Waals surface area contributed by atoms with Gasteiger partial charge in [0.25, 0.3) is 5.91 Å². The van der Waals surface area contributed by atoms with Crippen LogP contribution < -0.4 is 20.5 Å². The molecule has 0 radical (unpaired) electrons. The zero-order chi connectivity index (χ0) is 33.7. The Balaban J connectivity index is 0.000000248. The Kier molecular flexibility index (Phi) is 10.9. The zero-order valence-corrected chi connectivity index (χ0v) is 26.2. The van der Waals surface area contributed by atoms with Gasteiger partial charge in [-0.1, -0.05) is 55.2 Å². The van der Waals surface area contributed by atoms with Crippen LogP contribution in [0.4, 0.5) is 30.6 Å². The number of hydrogen-bond acceptors (Lipinski definition) is 9. The Bertz CT molecular complexity index is 1640. The number of rotatable bonds is 9. The monoisotopic (exact) mass is 672 g/mol. The van der Waals surface area contributed by atoms with Crippen LogP contribution in [0.25, 0.3) is 5.69 Å². The molecule has 0 unspecified atom stereocenters. The van der Waals surface area contributed by atoms with E-state index < -0.39 is 28.2 Å². The van der Waals surface area contributed by atoms with Crippen molar-refractivity contribution in [2.24, 2.45) is 0 Å². The molecule has 3 N–H and O–H groups in total. The number of carbonyl (C=O) groups is 1. The van der Waals surface area contributed by atoms with Crippen molar-refractivity contribution in [3.8, 4) is 17.2 Å². The number of nitrogens with zero attached hydrogens (tertiary/aromatic N) is 4. The Labute approximate surface area is 265 Å². The molecule has 2 heterocycles. The topological polar surface area (TPSA) is 161 Å². The molecular weight excluding hydrogens is 644 g/mol. The number of amides is 1. The molecule has 17 heteroatoms. The van der Waals surface area contributed by atoms with Crippen LogP contribution in [0.3, 0.4) is 0 Å². The van der Waals surface area contributed by atoms with Crippen molar-refractivity contribution in [3.05, 3.63) is 79.6 Å². The number of carbonyl (C=O) groups excluding carboxylic acids is 1. The third-order valence-corrected chi connectivity index (χ3v) is 7.70. The van der Waals surface area contributed by atoms with Crippen LogP contribution in [0.2, 0.25) is 10.0 Å². The highest BCUT2D eigenvalue weighted by atomic mass is 35.5. The fourth-order valence-electron chi connectivity index (χ4n) is 4.08. The molecule has 0 aliphatic rings. The molecule has 0 atom stereocenters. The van der Waals surface area contributed by atoms with E-state index >= 15 is 0 Å². The number of anilines is 2. The minimum atomic E-state index is -4.63. The first-order chi connectivity index (χ1) is 21.1. The van der Waals surface area contributed by atoms with Crippen molar-refractivity contribution in [1.29, 1.82) is 0 Å². The van der Waals surface area contributed by atoms with Gasteiger partial charge >= 0.3 is 11.9 Å². The summed E-state index contributed by atoms with van der Waals surface area (Å²) in [4.78, 5) is 22.5. The molecule has 2 aromatic heterocycles. The molecule has 2 aromatic carbocycles. The van der Waals surface area contributed by atoms with Crippen LogP contribution in [0.1, 0.15) is 55.2 Å². The van der Waals surface area contributed by atoms with E-state index in [2.05, 4.69) is 36.3 Å². The molecule has 1 amide bonds. The van der Waals surface area contributed by atoms with Gasteiger partial charge in [-0.15, -0.1) is 0 Å². The number of nitro groups is 1. The first kappa shape index (κ1) is 35.0. The lowest BCUT2D eigenvalue weighted by atomic mass is 9.81. The lowest BCUT2D eigenvalue weighted by Gasteiger charge is -2.22. The Morgan fingerprint density at radius 2 is 1.67 bits per heavy atom.